The van der Waals surface area contributed by atoms with Gasteiger partial charge in [-0.15, -0.1) is 0 Å². The van der Waals surface area contributed by atoms with Crippen LogP contribution < -0.4 is 10.6 Å². The molecule has 1 heterocycles. The Labute approximate surface area is 135 Å². The monoisotopic (exact) mass is 308 g/mol. The molecule has 1 rings (SSSR count). The molecule has 6 nitrogen and oxygen atoms in total. The summed E-state index contributed by atoms with van der Waals surface area (Å²) in [5, 5.41) is 6.73. The van der Waals surface area contributed by atoms with Gasteiger partial charge in [-0.3, -0.25) is 9.89 Å². The van der Waals surface area contributed by atoms with Crippen LogP contribution in [0, 0.1) is 0 Å². The van der Waals surface area contributed by atoms with Crippen molar-refractivity contribution >= 4 is 5.96 Å². The van der Waals surface area contributed by atoms with Gasteiger partial charge in [-0.25, -0.2) is 4.98 Å². The van der Waals surface area contributed by atoms with Gasteiger partial charge in [-0.2, -0.15) is 0 Å². The first-order valence-electron chi connectivity index (χ1n) is 8.20. The third-order valence-corrected chi connectivity index (χ3v) is 3.66. The van der Waals surface area contributed by atoms with Gasteiger partial charge in [-0.1, -0.05) is 0 Å². The molecule has 1 aromatic heterocycles. The second kappa shape index (κ2) is 10.2. The van der Waals surface area contributed by atoms with Crippen LogP contribution in [0.1, 0.15) is 34.1 Å². The maximum absolute atomic E-state index is 4.27. The number of hydrogen-bond donors (Lipinski definition) is 2. The summed E-state index contributed by atoms with van der Waals surface area (Å²) in [4.78, 5) is 10.8. The zero-order valence-electron chi connectivity index (χ0n) is 14.7. The average molecular weight is 308 g/mol. The quantitative estimate of drug-likeness (QED) is 0.413. The fraction of sp³-hybridized carbons (Fsp3) is 0.750. The van der Waals surface area contributed by atoms with Crippen molar-refractivity contribution in [3.05, 3.63) is 18.7 Å². The Kier molecular flexibility index (Phi) is 8.58. The molecule has 0 aromatic carbocycles. The molecular formula is C16H32N6. The van der Waals surface area contributed by atoms with Crippen molar-refractivity contribution in [2.24, 2.45) is 4.99 Å². The van der Waals surface area contributed by atoms with E-state index in [1.807, 2.05) is 25.8 Å². The minimum atomic E-state index is 0.562. The van der Waals surface area contributed by atoms with E-state index in [1.54, 1.807) is 0 Å². The summed E-state index contributed by atoms with van der Waals surface area (Å²) in [5.41, 5.74) is 0. The summed E-state index contributed by atoms with van der Waals surface area (Å²) in [6.45, 7) is 12.7. The summed E-state index contributed by atoms with van der Waals surface area (Å²) >= 11 is 0. The molecule has 126 valence electrons. The van der Waals surface area contributed by atoms with Crippen molar-refractivity contribution in [1.82, 2.24) is 25.1 Å². The van der Waals surface area contributed by atoms with E-state index in [0.717, 1.165) is 38.6 Å². The number of rotatable bonds is 9. The SMILES string of the molecule is CN=C(NCCCn1ccnc1)NCCN(C(C)C)C(C)C. The maximum Gasteiger partial charge on any atom is 0.191 e. The summed E-state index contributed by atoms with van der Waals surface area (Å²) in [5.74, 6) is 0.873. The summed E-state index contributed by atoms with van der Waals surface area (Å²) in [6.07, 6.45) is 6.68. The molecule has 0 saturated heterocycles. The standard InChI is InChI=1S/C16H32N6/c1-14(2)22(15(3)4)12-9-20-16(17-5)19-7-6-10-21-11-8-18-13-21/h8,11,13-15H,6-7,9-10,12H2,1-5H3,(H2,17,19,20). The Balaban J connectivity index is 2.19. The summed E-state index contributed by atoms with van der Waals surface area (Å²) in [6, 6.07) is 1.12. The zero-order chi connectivity index (χ0) is 16.4. The Morgan fingerprint density at radius 1 is 1.18 bits per heavy atom. The first kappa shape index (κ1) is 18.5. The van der Waals surface area contributed by atoms with E-state index in [-0.39, 0.29) is 0 Å². The normalized spacial score (nSPS) is 12.5. The smallest absolute Gasteiger partial charge is 0.191 e. The lowest BCUT2D eigenvalue weighted by atomic mass is 10.2. The van der Waals surface area contributed by atoms with Gasteiger partial charge in [-0.05, 0) is 34.1 Å². The van der Waals surface area contributed by atoms with E-state index >= 15 is 0 Å². The van der Waals surface area contributed by atoms with Gasteiger partial charge >= 0.3 is 0 Å². The van der Waals surface area contributed by atoms with Gasteiger partial charge in [0.05, 0.1) is 6.33 Å². The molecule has 0 amide bonds. The average Bonchev–Trinajstić information content (AvgIpc) is 2.98. The van der Waals surface area contributed by atoms with Gasteiger partial charge in [0, 0.05) is 57.7 Å². The molecule has 6 heteroatoms. The molecule has 1 aromatic rings. The second-order valence-corrected chi connectivity index (χ2v) is 6.01. The second-order valence-electron chi connectivity index (χ2n) is 6.01. The first-order chi connectivity index (χ1) is 10.5. The lowest BCUT2D eigenvalue weighted by Crippen LogP contribution is -2.45. The molecule has 0 aliphatic rings. The molecule has 0 atom stereocenters. The number of aliphatic imine (C=N–C) groups is 1. The largest absolute Gasteiger partial charge is 0.356 e. The van der Waals surface area contributed by atoms with Gasteiger partial charge in [0.1, 0.15) is 0 Å². The first-order valence-corrected chi connectivity index (χ1v) is 8.20. The summed E-state index contributed by atoms with van der Waals surface area (Å²) in [7, 11) is 1.81. The van der Waals surface area contributed by atoms with Crippen molar-refractivity contribution in [2.75, 3.05) is 26.7 Å². The lowest BCUT2D eigenvalue weighted by Gasteiger charge is -2.30. The van der Waals surface area contributed by atoms with Crippen molar-refractivity contribution < 1.29 is 0 Å². The zero-order valence-corrected chi connectivity index (χ0v) is 14.7. The summed E-state index contributed by atoms with van der Waals surface area (Å²) < 4.78 is 2.08. The Morgan fingerprint density at radius 2 is 1.86 bits per heavy atom. The van der Waals surface area contributed by atoms with Gasteiger partial charge in [0.2, 0.25) is 0 Å². The lowest BCUT2D eigenvalue weighted by molar-refractivity contribution is 0.178. The molecule has 2 N–H and O–H groups in total. The molecule has 0 radical (unpaired) electrons. The van der Waals surface area contributed by atoms with Crippen molar-refractivity contribution in [2.45, 2.75) is 52.7 Å². The van der Waals surface area contributed by atoms with Crippen LogP contribution in [-0.4, -0.2) is 59.2 Å². The van der Waals surface area contributed by atoms with Crippen LogP contribution in [0.3, 0.4) is 0 Å². The van der Waals surface area contributed by atoms with E-state index in [1.165, 1.54) is 0 Å². The third kappa shape index (κ3) is 6.93. The van der Waals surface area contributed by atoms with E-state index in [9.17, 15) is 0 Å². The molecule has 22 heavy (non-hydrogen) atoms. The molecule has 0 bridgehead atoms. The number of nitrogens with one attached hydrogen (secondary N) is 2. The highest BCUT2D eigenvalue weighted by Crippen LogP contribution is 2.03. The highest BCUT2D eigenvalue weighted by molar-refractivity contribution is 5.79. The van der Waals surface area contributed by atoms with E-state index < -0.39 is 0 Å². The highest BCUT2D eigenvalue weighted by Gasteiger charge is 2.12. The van der Waals surface area contributed by atoms with E-state index in [4.69, 9.17) is 0 Å². The molecule has 0 fully saturated rings. The topological polar surface area (TPSA) is 57.5 Å². The molecule has 0 spiro atoms. The fourth-order valence-corrected chi connectivity index (χ4v) is 2.52. The van der Waals surface area contributed by atoms with Gasteiger partial charge < -0.3 is 15.2 Å². The minimum Gasteiger partial charge on any atom is -0.356 e. The van der Waals surface area contributed by atoms with Crippen LogP contribution >= 0.6 is 0 Å². The number of guanidine groups is 1. The van der Waals surface area contributed by atoms with Crippen LogP contribution in [0.4, 0.5) is 0 Å². The maximum atomic E-state index is 4.27. The predicted molar refractivity (Wildman–Crippen MR) is 93.2 cm³/mol. The third-order valence-electron chi connectivity index (χ3n) is 3.66. The van der Waals surface area contributed by atoms with Gasteiger partial charge in [0.25, 0.3) is 0 Å². The van der Waals surface area contributed by atoms with Gasteiger partial charge in [0.15, 0.2) is 5.96 Å². The van der Waals surface area contributed by atoms with Crippen LogP contribution in [0.5, 0.6) is 0 Å². The van der Waals surface area contributed by atoms with Crippen molar-refractivity contribution in [3.63, 3.8) is 0 Å². The van der Waals surface area contributed by atoms with Crippen LogP contribution in [0.15, 0.2) is 23.7 Å². The fourth-order valence-electron chi connectivity index (χ4n) is 2.52. The minimum absolute atomic E-state index is 0.562. The molecule has 0 aliphatic carbocycles. The number of hydrogen-bond acceptors (Lipinski definition) is 3. The predicted octanol–water partition coefficient (Wildman–Crippen LogP) is 1.56. The van der Waals surface area contributed by atoms with E-state index in [2.05, 4.69) is 57.8 Å². The van der Waals surface area contributed by atoms with Crippen molar-refractivity contribution in [1.29, 1.82) is 0 Å². The molecule has 0 aliphatic heterocycles. The van der Waals surface area contributed by atoms with Crippen LogP contribution in [-0.2, 0) is 6.54 Å². The Bertz CT molecular complexity index is 402. The number of aromatic nitrogens is 2. The molecule has 0 saturated carbocycles. The Hall–Kier alpha value is -1.56. The molecule has 0 unspecified atom stereocenters. The Morgan fingerprint density at radius 3 is 2.41 bits per heavy atom. The number of imidazole rings is 1. The van der Waals surface area contributed by atoms with Crippen LogP contribution in [0.25, 0.3) is 0 Å². The van der Waals surface area contributed by atoms with E-state index in [0.29, 0.717) is 12.1 Å². The van der Waals surface area contributed by atoms with Crippen LogP contribution in [0.2, 0.25) is 0 Å². The highest BCUT2D eigenvalue weighted by atomic mass is 15.2. The number of aryl methyl sites for hydroxylation is 1. The molecular weight excluding hydrogens is 276 g/mol. The van der Waals surface area contributed by atoms with Crippen molar-refractivity contribution in [3.8, 4) is 0 Å². The number of nitrogens with zero attached hydrogens (tertiary/aromatic N) is 4.